The van der Waals surface area contributed by atoms with E-state index in [9.17, 15) is 18.0 Å². The Labute approximate surface area is 79.3 Å². The summed E-state index contributed by atoms with van der Waals surface area (Å²) in [5, 5.41) is 0. The van der Waals surface area contributed by atoms with Gasteiger partial charge in [-0.15, -0.1) is 5.48 Å². The Morgan fingerprint density at radius 3 is 2.50 bits per heavy atom. The molecule has 0 saturated heterocycles. The van der Waals surface area contributed by atoms with Gasteiger partial charge in [0.2, 0.25) is 0 Å². The average Bonchev–Trinajstić information content (AvgIpc) is 2.09. The number of carbonyl (C=O) groups excluding carboxylic acids is 1. The van der Waals surface area contributed by atoms with Crippen LogP contribution in [-0.4, -0.2) is 31.4 Å². The predicted molar refractivity (Wildman–Crippen MR) is 41.2 cm³/mol. The van der Waals surface area contributed by atoms with Crippen LogP contribution in [-0.2, 0) is 14.4 Å². The van der Waals surface area contributed by atoms with Crippen LogP contribution >= 0.6 is 0 Å². The van der Waals surface area contributed by atoms with Gasteiger partial charge in [0, 0.05) is 6.61 Å². The van der Waals surface area contributed by atoms with Gasteiger partial charge in [0.15, 0.2) is 0 Å². The number of alkyl halides is 3. The number of hydrogen-bond donors (Lipinski definition) is 1. The number of rotatable bonds is 5. The molecule has 0 aromatic rings. The monoisotopic (exact) mass is 215 g/mol. The van der Waals surface area contributed by atoms with Gasteiger partial charge in [0.1, 0.15) is 0 Å². The van der Waals surface area contributed by atoms with Gasteiger partial charge in [-0.2, -0.15) is 13.2 Å². The van der Waals surface area contributed by atoms with Crippen LogP contribution in [0.25, 0.3) is 0 Å². The molecule has 7 heteroatoms. The van der Waals surface area contributed by atoms with Crippen LogP contribution < -0.4 is 5.48 Å². The van der Waals surface area contributed by atoms with Crippen LogP contribution in [0.4, 0.5) is 13.2 Å². The summed E-state index contributed by atoms with van der Waals surface area (Å²) in [5.74, 6) is -2.26. The maximum absolute atomic E-state index is 11.6. The average molecular weight is 215 g/mol. The maximum Gasteiger partial charge on any atom is 0.492 e. The first kappa shape index (κ1) is 13.2. The first-order valence-corrected chi connectivity index (χ1v) is 3.99. The molecule has 0 aromatic heterocycles. The molecule has 84 valence electrons. The van der Waals surface area contributed by atoms with Crippen LogP contribution in [0.5, 0.6) is 0 Å². The number of halogens is 3. The topological polar surface area (TPSA) is 47.6 Å². The van der Waals surface area contributed by atoms with E-state index in [0.29, 0.717) is 6.61 Å². The summed E-state index contributed by atoms with van der Waals surface area (Å²) in [6.45, 7) is 3.88. The molecular weight excluding hydrogens is 203 g/mol. The fourth-order valence-corrected chi connectivity index (χ4v) is 0.541. The Morgan fingerprint density at radius 2 is 2.07 bits per heavy atom. The molecule has 0 fully saturated rings. The Balaban J connectivity index is 3.67. The van der Waals surface area contributed by atoms with Crippen molar-refractivity contribution in [1.82, 2.24) is 5.48 Å². The van der Waals surface area contributed by atoms with E-state index in [2.05, 4.69) is 4.84 Å². The quantitative estimate of drug-likeness (QED) is 0.695. The van der Waals surface area contributed by atoms with Crippen LogP contribution in [0.1, 0.15) is 13.8 Å². The number of hydrogen-bond acceptors (Lipinski definition) is 4. The largest absolute Gasteiger partial charge is 0.492 e. The van der Waals surface area contributed by atoms with E-state index >= 15 is 0 Å². The lowest BCUT2D eigenvalue weighted by atomic mass is 10.4. The van der Waals surface area contributed by atoms with E-state index in [0.717, 1.165) is 0 Å². The smallest absolute Gasteiger partial charge is 0.380 e. The zero-order valence-electron chi connectivity index (χ0n) is 7.85. The molecule has 0 amide bonds. The van der Waals surface area contributed by atoms with E-state index < -0.39 is 18.2 Å². The number of hydroxylamine groups is 1. The Morgan fingerprint density at radius 1 is 1.50 bits per heavy atom. The first-order valence-electron chi connectivity index (χ1n) is 3.99. The highest BCUT2D eigenvalue weighted by molar-refractivity contribution is 5.75. The molecule has 0 radical (unpaired) electrons. The van der Waals surface area contributed by atoms with Gasteiger partial charge in [-0.3, -0.25) is 0 Å². The number of carbonyl (C=O) groups is 1. The van der Waals surface area contributed by atoms with Gasteiger partial charge in [0.25, 0.3) is 0 Å². The molecule has 1 N–H and O–H groups in total. The van der Waals surface area contributed by atoms with E-state index in [4.69, 9.17) is 4.74 Å². The summed E-state index contributed by atoms with van der Waals surface area (Å²) in [7, 11) is 0. The second-order valence-corrected chi connectivity index (χ2v) is 2.57. The molecule has 1 atom stereocenters. The Bertz CT molecular complexity index is 184. The third-order valence-electron chi connectivity index (χ3n) is 1.16. The summed E-state index contributed by atoms with van der Waals surface area (Å²) >= 11 is 0. The van der Waals surface area contributed by atoms with Gasteiger partial charge in [0.05, 0.1) is 12.6 Å². The molecule has 0 spiro atoms. The van der Waals surface area contributed by atoms with E-state index in [1.165, 1.54) is 6.92 Å². The Kier molecular flexibility index (Phi) is 5.47. The molecule has 14 heavy (non-hydrogen) atoms. The first-order chi connectivity index (χ1) is 6.38. The molecule has 4 nitrogen and oxygen atoms in total. The van der Waals surface area contributed by atoms with Crippen molar-refractivity contribution in [3.63, 3.8) is 0 Å². The summed E-state index contributed by atoms with van der Waals surface area (Å²) < 4.78 is 39.7. The molecule has 0 saturated carbocycles. The SMILES string of the molecule is CCOCC(C)NOC(=O)C(F)(F)F. The second kappa shape index (κ2) is 5.82. The lowest BCUT2D eigenvalue weighted by Gasteiger charge is -2.13. The fourth-order valence-electron chi connectivity index (χ4n) is 0.541. The van der Waals surface area contributed by atoms with Crippen molar-refractivity contribution >= 4 is 5.97 Å². The predicted octanol–water partition coefficient (Wildman–Crippen LogP) is 1.02. The normalized spacial score (nSPS) is 13.8. The molecular formula is C7H12F3NO3. The minimum atomic E-state index is -4.97. The lowest BCUT2D eigenvalue weighted by Crippen LogP contribution is -2.37. The number of ether oxygens (including phenoxy) is 1. The third-order valence-corrected chi connectivity index (χ3v) is 1.16. The van der Waals surface area contributed by atoms with Gasteiger partial charge in [-0.1, -0.05) is 0 Å². The molecule has 1 unspecified atom stereocenters. The molecule has 0 bridgehead atoms. The summed E-state index contributed by atoms with van der Waals surface area (Å²) in [5.41, 5.74) is 1.93. The fraction of sp³-hybridized carbons (Fsp3) is 0.857. The number of nitrogens with one attached hydrogen (secondary N) is 1. The second-order valence-electron chi connectivity index (χ2n) is 2.57. The summed E-state index contributed by atoms with van der Waals surface area (Å²) in [4.78, 5) is 14.0. The van der Waals surface area contributed by atoms with Crippen molar-refractivity contribution in [3.8, 4) is 0 Å². The highest BCUT2D eigenvalue weighted by Gasteiger charge is 2.41. The summed E-state index contributed by atoms with van der Waals surface area (Å²) in [6.07, 6.45) is -4.97. The van der Waals surface area contributed by atoms with Crippen molar-refractivity contribution in [2.75, 3.05) is 13.2 Å². The zero-order valence-corrected chi connectivity index (χ0v) is 7.85. The minimum Gasteiger partial charge on any atom is -0.380 e. The van der Waals surface area contributed by atoms with Gasteiger partial charge in [-0.05, 0) is 13.8 Å². The van der Waals surface area contributed by atoms with E-state index in [-0.39, 0.29) is 6.61 Å². The van der Waals surface area contributed by atoms with Crippen molar-refractivity contribution in [2.45, 2.75) is 26.1 Å². The zero-order chi connectivity index (χ0) is 11.2. The Hall–Kier alpha value is -0.820. The van der Waals surface area contributed by atoms with E-state index in [1.807, 2.05) is 5.48 Å². The maximum atomic E-state index is 11.6. The molecule has 0 heterocycles. The van der Waals surface area contributed by atoms with Crippen molar-refractivity contribution in [1.29, 1.82) is 0 Å². The molecule has 0 aromatic carbocycles. The van der Waals surface area contributed by atoms with E-state index in [1.54, 1.807) is 6.92 Å². The molecule has 0 rings (SSSR count). The highest BCUT2D eigenvalue weighted by Crippen LogP contribution is 2.15. The lowest BCUT2D eigenvalue weighted by molar-refractivity contribution is -0.208. The molecule has 0 aliphatic carbocycles. The van der Waals surface area contributed by atoms with Crippen LogP contribution in [0.3, 0.4) is 0 Å². The van der Waals surface area contributed by atoms with Crippen molar-refractivity contribution in [3.05, 3.63) is 0 Å². The van der Waals surface area contributed by atoms with Gasteiger partial charge >= 0.3 is 12.1 Å². The summed E-state index contributed by atoms with van der Waals surface area (Å²) in [6, 6.07) is -0.485. The van der Waals surface area contributed by atoms with Crippen molar-refractivity contribution < 1.29 is 27.5 Å². The van der Waals surface area contributed by atoms with Crippen LogP contribution in [0.2, 0.25) is 0 Å². The van der Waals surface area contributed by atoms with Gasteiger partial charge in [-0.25, -0.2) is 4.79 Å². The standard InChI is InChI=1S/C7H12F3NO3/c1-3-13-4-5(2)11-14-6(12)7(8,9)10/h5,11H,3-4H2,1-2H3. The highest BCUT2D eigenvalue weighted by atomic mass is 19.4. The molecule has 0 aliphatic rings. The van der Waals surface area contributed by atoms with Crippen LogP contribution in [0, 0.1) is 0 Å². The van der Waals surface area contributed by atoms with Crippen molar-refractivity contribution in [2.24, 2.45) is 0 Å². The minimum absolute atomic E-state index is 0.168. The third kappa shape index (κ3) is 5.76. The van der Waals surface area contributed by atoms with Crippen LogP contribution in [0.15, 0.2) is 0 Å². The van der Waals surface area contributed by atoms with Gasteiger partial charge < -0.3 is 9.57 Å². The molecule has 0 aliphatic heterocycles.